The quantitative estimate of drug-likeness (QED) is 0.128. The van der Waals surface area contributed by atoms with Gasteiger partial charge in [0.2, 0.25) is 11.8 Å². The first-order valence-electron chi connectivity index (χ1n) is 17.6. The van der Waals surface area contributed by atoms with E-state index in [-0.39, 0.29) is 85.8 Å². The van der Waals surface area contributed by atoms with E-state index in [2.05, 4.69) is 0 Å². The van der Waals surface area contributed by atoms with E-state index < -0.39 is 41.9 Å². The molecular formula is C36H56N4O10. The number of nitrogens with zero attached hydrogens (tertiary/aromatic N) is 4. The molecule has 2 heterocycles. The van der Waals surface area contributed by atoms with E-state index in [1.54, 1.807) is 14.1 Å². The third-order valence-electron chi connectivity index (χ3n) is 9.76. The third kappa shape index (κ3) is 11.0. The second-order valence-corrected chi connectivity index (χ2v) is 14.0. The van der Waals surface area contributed by atoms with E-state index in [1.165, 1.54) is 34.0 Å². The molecule has 0 aromatic rings. The van der Waals surface area contributed by atoms with Gasteiger partial charge in [0, 0.05) is 71.5 Å². The van der Waals surface area contributed by atoms with E-state index >= 15 is 0 Å². The Hall–Kier alpha value is -3.94. The van der Waals surface area contributed by atoms with Crippen molar-refractivity contribution in [1.29, 1.82) is 0 Å². The highest BCUT2D eigenvalue weighted by Gasteiger charge is 2.41. The normalized spacial score (nSPS) is 17.7. The Labute approximate surface area is 295 Å². The summed E-state index contributed by atoms with van der Waals surface area (Å²) in [5.74, 6) is -4.76. The molecule has 1 unspecified atom stereocenters. The number of hydroxylamine groups is 2. The highest BCUT2D eigenvalue weighted by molar-refractivity contribution is 6.12. The number of carbonyl (C=O) groups is 8. The number of amides is 6. The molecule has 6 amide bonds. The molecule has 2 aliphatic rings. The molecule has 280 valence electrons. The lowest BCUT2D eigenvalue weighted by atomic mass is 9.83. The van der Waals surface area contributed by atoms with Crippen LogP contribution in [0.1, 0.15) is 99.3 Å². The summed E-state index contributed by atoms with van der Waals surface area (Å²) in [5.41, 5.74) is 0. The number of unbranched alkanes of at least 4 members (excludes halogenated alkanes) is 2. The molecule has 5 atom stereocenters. The summed E-state index contributed by atoms with van der Waals surface area (Å²) in [6.07, 6.45) is 3.72. The van der Waals surface area contributed by atoms with E-state index in [0.717, 1.165) is 0 Å². The highest BCUT2D eigenvalue weighted by atomic mass is 16.7. The van der Waals surface area contributed by atoms with Crippen LogP contribution in [0.15, 0.2) is 12.2 Å². The minimum Gasteiger partial charge on any atom is -0.379 e. The van der Waals surface area contributed by atoms with Crippen LogP contribution in [0.2, 0.25) is 0 Å². The molecule has 2 rings (SSSR count). The first-order chi connectivity index (χ1) is 23.5. The van der Waals surface area contributed by atoms with Gasteiger partial charge in [0.1, 0.15) is 0 Å². The van der Waals surface area contributed by atoms with Crippen LogP contribution < -0.4 is 0 Å². The number of rotatable bonds is 21. The highest BCUT2D eigenvalue weighted by Crippen LogP contribution is 2.28. The maximum Gasteiger partial charge on any atom is 0.335 e. The number of hydrogen-bond acceptors (Lipinski definition) is 10. The molecule has 0 spiro atoms. The molecular weight excluding hydrogens is 648 g/mol. The minimum atomic E-state index is -0.841. The van der Waals surface area contributed by atoms with Gasteiger partial charge in [0.15, 0.2) is 5.78 Å². The summed E-state index contributed by atoms with van der Waals surface area (Å²) in [7, 11) is 4.63. The molecule has 0 aromatic heterocycles. The summed E-state index contributed by atoms with van der Waals surface area (Å²) in [6, 6.07) is -1.36. The van der Waals surface area contributed by atoms with Crippen LogP contribution in [0.4, 0.5) is 0 Å². The van der Waals surface area contributed by atoms with Gasteiger partial charge >= 0.3 is 5.97 Å². The fourth-order valence-electron chi connectivity index (χ4n) is 6.64. The first-order valence-corrected chi connectivity index (χ1v) is 17.6. The average Bonchev–Trinajstić information content (AvgIpc) is 3.55. The fraction of sp³-hybridized carbons (Fsp3) is 0.722. The third-order valence-corrected chi connectivity index (χ3v) is 9.76. The van der Waals surface area contributed by atoms with E-state index in [9.17, 15) is 38.4 Å². The van der Waals surface area contributed by atoms with Crippen LogP contribution in [0, 0.1) is 23.7 Å². The van der Waals surface area contributed by atoms with Gasteiger partial charge in [-0.1, -0.05) is 54.4 Å². The average molecular weight is 705 g/mol. The molecule has 0 saturated carbocycles. The van der Waals surface area contributed by atoms with Crippen molar-refractivity contribution in [2.75, 3.05) is 27.7 Å². The van der Waals surface area contributed by atoms with Gasteiger partial charge in [-0.15, -0.1) is 5.06 Å². The van der Waals surface area contributed by atoms with Crippen LogP contribution in [-0.4, -0.2) is 113 Å². The molecule has 1 fully saturated rings. The SMILES string of the molecule is CC[C@H](C)[C@@H]([C@@H](CC(=O)ON1C(=O)CCC1=O)OC)N(C)C(=O)C(CC(=O)[C@H](C(C)C)N(C)C(=O)CCCCCN1C(=O)C=CC1=O)C(C)C. The van der Waals surface area contributed by atoms with E-state index in [0.29, 0.717) is 30.7 Å². The number of methoxy groups -OCH3 is 1. The minimum absolute atomic E-state index is 0.0329. The molecule has 1 saturated heterocycles. The number of ether oxygens (including phenoxy) is 1. The number of Topliss-reactive ketones (excluding diaryl/α,β-unsaturated/α-hetero) is 1. The van der Waals surface area contributed by atoms with Gasteiger partial charge < -0.3 is 19.4 Å². The maximum atomic E-state index is 14.2. The van der Waals surface area contributed by atoms with Crippen LogP contribution in [0.5, 0.6) is 0 Å². The van der Waals surface area contributed by atoms with Crippen molar-refractivity contribution in [3.05, 3.63) is 12.2 Å². The van der Waals surface area contributed by atoms with Crippen molar-refractivity contribution in [2.45, 2.75) is 118 Å². The Morgan fingerprint density at radius 2 is 1.40 bits per heavy atom. The fourth-order valence-corrected chi connectivity index (χ4v) is 6.64. The van der Waals surface area contributed by atoms with Crippen molar-refractivity contribution in [1.82, 2.24) is 19.8 Å². The number of likely N-dealkylation sites (N-methyl/N-ethyl adjacent to an activating group) is 2. The molecule has 0 N–H and O–H groups in total. The Morgan fingerprint density at radius 3 is 1.90 bits per heavy atom. The van der Waals surface area contributed by atoms with Crippen molar-refractivity contribution >= 4 is 47.2 Å². The molecule has 2 aliphatic heterocycles. The molecule has 0 aliphatic carbocycles. The zero-order valence-electron chi connectivity index (χ0n) is 31.1. The lowest BCUT2D eigenvalue weighted by Crippen LogP contribution is -2.53. The number of ketones is 1. The first kappa shape index (κ1) is 42.2. The molecule has 0 radical (unpaired) electrons. The van der Waals surface area contributed by atoms with Gasteiger partial charge in [0.05, 0.1) is 24.6 Å². The van der Waals surface area contributed by atoms with Gasteiger partial charge in [-0.2, -0.15) is 0 Å². The summed E-state index contributed by atoms with van der Waals surface area (Å²) in [5, 5.41) is 0.482. The Kier molecular flexibility index (Phi) is 16.4. The van der Waals surface area contributed by atoms with Gasteiger partial charge in [-0.3, -0.25) is 38.5 Å². The lowest BCUT2D eigenvalue weighted by molar-refractivity contribution is -0.199. The van der Waals surface area contributed by atoms with Crippen molar-refractivity contribution < 1.29 is 47.9 Å². The largest absolute Gasteiger partial charge is 0.379 e. The Balaban J connectivity index is 2.10. The Bertz CT molecular complexity index is 1280. The second kappa shape index (κ2) is 19.5. The Morgan fingerprint density at radius 1 is 0.820 bits per heavy atom. The van der Waals surface area contributed by atoms with Crippen LogP contribution in [-0.2, 0) is 47.9 Å². The summed E-state index contributed by atoms with van der Waals surface area (Å²) in [4.78, 5) is 111. The van der Waals surface area contributed by atoms with Crippen molar-refractivity contribution in [3.63, 3.8) is 0 Å². The number of hydrogen-bond donors (Lipinski definition) is 0. The van der Waals surface area contributed by atoms with Gasteiger partial charge in [-0.05, 0) is 30.6 Å². The molecule has 14 heteroatoms. The molecule has 0 bridgehead atoms. The van der Waals surface area contributed by atoms with Gasteiger partial charge in [0.25, 0.3) is 23.6 Å². The number of imide groups is 2. The lowest BCUT2D eigenvalue weighted by Gasteiger charge is -2.40. The maximum absolute atomic E-state index is 14.2. The van der Waals surface area contributed by atoms with Crippen molar-refractivity contribution in [3.8, 4) is 0 Å². The second-order valence-electron chi connectivity index (χ2n) is 14.0. The van der Waals surface area contributed by atoms with Crippen LogP contribution >= 0.6 is 0 Å². The molecule has 50 heavy (non-hydrogen) atoms. The van der Waals surface area contributed by atoms with E-state index in [1.807, 2.05) is 41.5 Å². The molecule has 14 nitrogen and oxygen atoms in total. The summed E-state index contributed by atoms with van der Waals surface area (Å²) in [6.45, 7) is 11.6. The smallest absolute Gasteiger partial charge is 0.335 e. The topological polar surface area (TPSA) is 168 Å². The van der Waals surface area contributed by atoms with E-state index in [4.69, 9.17) is 9.57 Å². The predicted molar refractivity (Wildman–Crippen MR) is 182 cm³/mol. The monoisotopic (exact) mass is 704 g/mol. The number of carbonyl (C=O) groups excluding carboxylic acids is 8. The molecule has 0 aromatic carbocycles. The summed E-state index contributed by atoms with van der Waals surface area (Å²) < 4.78 is 5.70. The van der Waals surface area contributed by atoms with Gasteiger partial charge in [-0.25, -0.2) is 4.79 Å². The summed E-state index contributed by atoms with van der Waals surface area (Å²) >= 11 is 0. The standard InChI is InChI=1S/C36H56N4O10/c1-10-24(6)35(27(49-9)21-33(47)50-40-31(45)17-18-32(40)46)38(8)36(48)25(22(2)3)20-26(41)34(23(4)5)37(7)28(42)14-12-11-13-19-39-29(43)15-16-30(39)44/h15-16,22-25,27,34-35H,10-14,17-21H2,1-9H3/t24-,25?,27+,34-,35-/m0/s1. The van der Waals surface area contributed by atoms with Crippen LogP contribution in [0.25, 0.3) is 0 Å². The van der Waals surface area contributed by atoms with Crippen molar-refractivity contribution in [2.24, 2.45) is 23.7 Å². The zero-order chi connectivity index (χ0) is 37.9. The zero-order valence-corrected chi connectivity index (χ0v) is 31.1. The van der Waals surface area contributed by atoms with Crippen LogP contribution in [0.3, 0.4) is 0 Å². The predicted octanol–water partition coefficient (Wildman–Crippen LogP) is 3.07.